The number of aromatic nitrogens is 2. The number of nitrogens with one attached hydrogen (secondary N) is 1. The molecule has 1 atom stereocenters. The van der Waals surface area contributed by atoms with Gasteiger partial charge in [-0.05, 0) is 31.5 Å². The molecule has 1 aromatic carbocycles. The van der Waals surface area contributed by atoms with Crippen LogP contribution in [0.4, 0.5) is 0 Å². The third-order valence-corrected chi connectivity index (χ3v) is 6.01. The van der Waals surface area contributed by atoms with E-state index in [2.05, 4.69) is 21.2 Å². The molecule has 0 saturated carbocycles. The number of morpholine rings is 1. The van der Waals surface area contributed by atoms with Gasteiger partial charge in [0.1, 0.15) is 18.2 Å². The van der Waals surface area contributed by atoms with Crippen molar-refractivity contribution in [1.29, 1.82) is 5.26 Å². The van der Waals surface area contributed by atoms with Crippen molar-refractivity contribution < 1.29 is 28.5 Å². The number of benzene rings is 1. The van der Waals surface area contributed by atoms with E-state index in [1.807, 2.05) is 25.1 Å². The van der Waals surface area contributed by atoms with Crippen molar-refractivity contribution in [1.82, 2.24) is 15.1 Å². The molecule has 0 amide bonds. The summed E-state index contributed by atoms with van der Waals surface area (Å²) >= 11 is 0. The van der Waals surface area contributed by atoms with Crippen LogP contribution in [0.1, 0.15) is 36.6 Å². The Bertz CT molecular complexity index is 1150. The minimum atomic E-state index is -0.608. The molecule has 0 radical (unpaired) electrons. The Morgan fingerprint density at radius 3 is 2.78 bits per heavy atom. The first kappa shape index (κ1) is 25.3. The number of carbonyl (C=O) groups excluding carboxylic acids is 1. The lowest BCUT2D eigenvalue weighted by atomic mass is 9.83. The smallest absolute Gasteiger partial charge is 0.311 e. The molecule has 1 saturated heterocycles. The van der Waals surface area contributed by atoms with Crippen molar-refractivity contribution in [2.75, 3.05) is 52.7 Å². The van der Waals surface area contributed by atoms with E-state index < -0.39 is 11.9 Å². The van der Waals surface area contributed by atoms with Crippen molar-refractivity contribution in [3.05, 3.63) is 46.5 Å². The average molecular weight is 498 g/mol. The Kier molecular flexibility index (Phi) is 8.30. The number of allylic oxidation sites excluding steroid dienone is 1. The number of hydrogen-bond acceptors (Lipinski definition) is 10. The summed E-state index contributed by atoms with van der Waals surface area (Å²) in [6, 6.07) is 7.68. The fourth-order valence-corrected chi connectivity index (χ4v) is 4.33. The molecule has 1 fully saturated rings. The molecule has 0 spiro atoms. The lowest BCUT2D eigenvalue weighted by Gasteiger charge is -2.27. The number of carbonyl (C=O) groups is 1. The van der Waals surface area contributed by atoms with Gasteiger partial charge in [-0.15, -0.1) is 5.10 Å². The highest BCUT2D eigenvalue weighted by Crippen LogP contribution is 2.44. The van der Waals surface area contributed by atoms with Crippen LogP contribution in [0.25, 0.3) is 0 Å². The predicted octanol–water partition coefficient (Wildman–Crippen LogP) is 1.84. The third kappa shape index (κ3) is 5.56. The molecule has 11 heteroatoms. The standard InChI is InChI=1S/C25H31N5O6/c1-3-33-20-13-16(5-6-19(20)35-12-9-30-7-10-32-11-8-30)22-17(15-26)24(27)36-25-23(22)18(28-29-25)14-21(31)34-4-2/h5-6,13,22H,3-4,7-12,14,27H2,1-2H3,(H,28,29)/t22-/m1/s1. The fourth-order valence-electron chi connectivity index (χ4n) is 4.33. The number of nitrogens with zero attached hydrogens (tertiary/aromatic N) is 3. The molecule has 36 heavy (non-hydrogen) atoms. The number of hydrogen-bond donors (Lipinski definition) is 2. The largest absolute Gasteiger partial charge is 0.490 e. The molecule has 0 unspecified atom stereocenters. The van der Waals surface area contributed by atoms with Crippen LogP contribution in [0.3, 0.4) is 0 Å². The quantitative estimate of drug-likeness (QED) is 0.466. The number of ether oxygens (including phenoxy) is 5. The summed E-state index contributed by atoms with van der Waals surface area (Å²) in [6.07, 6.45) is -0.0459. The van der Waals surface area contributed by atoms with Crippen molar-refractivity contribution in [3.63, 3.8) is 0 Å². The molecule has 0 bridgehead atoms. The summed E-state index contributed by atoms with van der Waals surface area (Å²) in [5.41, 5.74) is 8.09. The van der Waals surface area contributed by atoms with Crippen LogP contribution in [0.15, 0.2) is 29.7 Å². The number of nitriles is 1. The maximum absolute atomic E-state index is 12.2. The van der Waals surface area contributed by atoms with Gasteiger partial charge in [0.15, 0.2) is 11.5 Å². The molecule has 0 aliphatic carbocycles. The Labute approximate surface area is 209 Å². The number of aromatic amines is 1. The lowest BCUT2D eigenvalue weighted by molar-refractivity contribution is -0.142. The number of rotatable bonds is 10. The molecular weight excluding hydrogens is 466 g/mol. The van der Waals surface area contributed by atoms with Crippen LogP contribution in [0, 0.1) is 11.3 Å². The number of fused-ring (bicyclic) bond motifs is 1. The van der Waals surface area contributed by atoms with Gasteiger partial charge in [-0.25, -0.2) is 0 Å². The summed E-state index contributed by atoms with van der Waals surface area (Å²) in [5, 5.41) is 16.9. The summed E-state index contributed by atoms with van der Waals surface area (Å²) in [5.74, 6) is 0.325. The predicted molar refractivity (Wildman–Crippen MR) is 129 cm³/mol. The first-order valence-electron chi connectivity index (χ1n) is 12.1. The van der Waals surface area contributed by atoms with Gasteiger partial charge in [0.2, 0.25) is 11.8 Å². The third-order valence-electron chi connectivity index (χ3n) is 6.01. The maximum Gasteiger partial charge on any atom is 0.311 e. The zero-order chi connectivity index (χ0) is 25.5. The molecule has 2 aromatic rings. The highest BCUT2D eigenvalue weighted by Gasteiger charge is 2.36. The Morgan fingerprint density at radius 2 is 2.06 bits per heavy atom. The van der Waals surface area contributed by atoms with E-state index in [1.54, 1.807) is 6.92 Å². The SMILES string of the molecule is CCOC(=O)Cc1[nH]nc2c1[C@H](c1ccc(OCCN3CCOCC3)c(OCC)c1)C(C#N)=C(N)O2. The molecule has 4 rings (SSSR count). The zero-order valence-corrected chi connectivity index (χ0v) is 20.5. The summed E-state index contributed by atoms with van der Waals surface area (Å²) in [6.45, 7) is 8.85. The van der Waals surface area contributed by atoms with E-state index in [9.17, 15) is 10.1 Å². The molecule has 2 aliphatic heterocycles. The second-order valence-electron chi connectivity index (χ2n) is 8.27. The van der Waals surface area contributed by atoms with Crippen LogP contribution in [0.5, 0.6) is 17.4 Å². The van der Waals surface area contributed by atoms with E-state index in [0.29, 0.717) is 36.0 Å². The first-order chi connectivity index (χ1) is 17.5. The van der Waals surface area contributed by atoms with Crippen LogP contribution < -0.4 is 19.9 Å². The van der Waals surface area contributed by atoms with Gasteiger partial charge in [0.25, 0.3) is 0 Å². The molecule has 2 aliphatic rings. The van der Waals surface area contributed by atoms with Gasteiger partial charge in [-0.3, -0.25) is 14.8 Å². The molecule has 3 heterocycles. The van der Waals surface area contributed by atoms with Gasteiger partial charge in [0.05, 0.1) is 50.0 Å². The molecule has 1 aromatic heterocycles. The van der Waals surface area contributed by atoms with Gasteiger partial charge in [0, 0.05) is 19.6 Å². The normalized spacial score (nSPS) is 17.6. The maximum atomic E-state index is 12.2. The van der Waals surface area contributed by atoms with Crippen LogP contribution in [0.2, 0.25) is 0 Å². The Hall–Kier alpha value is -3.75. The Balaban J connectivity index is 1.63. The second kappa shape index (κ2) is 11.8. The summed E-state index contributed by atoms with van der Waals surface area (Å²) in [7, 11) is 0. The van der Waals surface area contributed by atoms with Gasteiger partial charge < -0.3 is 29.4 Å². The van der Waals surface area contributed by atoms with Gasteiger partial charge in [-0.1, -0.05) is 6.07 Å². The molecule has 3 N–H and O–H groups in total. The van der Waals surface area contributed by atoms with Crippen molar-refractivity contribution in [2.45, 2.75) is 26.2 Å². The average Bonchev–Trinajstić information content (AvgIpc) is 3.26. The topological polar surface area (TPSA) is 145 Å². The highest BCUT2D eigenvalue weighted by atomic mass is 16.5. The van der Waals surface area contributed by atoms with Crippen LogP contribution >= 0.6 is 0 Å². The zero-order valence-electron chi connectivity index (χ0n) is 20.5. The Morgan fingerprint density at radius 1 is 1.25 bits per heavy atom. The number of nitrogens with two attached hydrogens (primary N) is 1. The van der Waals surface area contributed by atoms with E-state index in [0.717, 1.165) is 38.4 Å². The highest BCUT2D eigenvalue weighted by molar-refractivity contribution is 5.73. The fraction of sp³-hybridized carbons (Fsp3) is 0.480. The molecule has 11 nitrogen and oxygen atoms in total. The van der Waals surface area contributed by atoms with Gasteiger partial charge >= 0.3 is 5.97 Å². The van der Waals surface area contributed by atoms with Crippen LogP contribution in [-0.2, 0) is 20.7 Å². The minimum Gasteiger partial charge on any atom is -0.490 e. The second-order valence-corrected chi connectivity index (χ2v) is 8.27. The van der Waals surface area contributed by atoms with E-state index in [1.165, 1.54) is 0 Å². The molecule has 192 valence electrons. The van der Waals surface area contributed by atoms with E-state index in [4.69, 9.17) is 29.4 Å². The number of H-pyrrole nitrogens is 1. The minimum absolute atomic E-state index is 0.0343. The van der Waals surface area contributed by atoms with Crippen molar-refractivity contribution >= 4 is 5.97 Å². The summed E-state index contributed by atoms with van der Waals surface area (Å²) in [4.78, 5) is 14.5. The molecular formula is C25H31N5O6. The lowest BCUT2D eigenvalue weighted by Crippen LogP contribution is -2.38. The van der Waals surface area contributed by atoms with Crippen molar-refractivity contribution in [2.24, 2.45) is 5.73 Å². The first-order valence-corrected chi connectivity index (χ1v) is 12.1. The van der Waals surface area contributed by atoms with E-state index >= 15 is 0 Å². The summed E-state index contributed by atoms with van der Waals surface area (Å²) < 4.78 is 28.0. The van der Waals surface area contributed by atoms with Gasteiger partial charge in [-0.2, -0.15) is 5.26 Å². The van der Waals surface area contributed by atoms with E-state index in [-0.39, 0.29) is 30.4 Å². The van der Waals surface area contributed by atoms with Crippen molar-refractivity contribution in [3.8, 4) is 23.4 Å². The monoisotopic (exact) mass is 497 g/mol. The van der Waals surface area contributed by atoms with Crippen LogP contribution in [-0.4, -0.2) is 73.7 Å². The number of esters is 1.